The van der Waals surface area contributed by atoms with Crippen molar-refractivity contribution in [2.45, 2.75) is 38.1 Å². The van der Waals surface area contributed by atoms with Crippen molar-refractivity contribution in [2.24, 2.45) is 0 Å². The molecule has 0 spiro atoms. The van der Waals surface area contributed by atoms with Crippen LogP contribution in [0, 0.1) is 0 Å². The highest BCUT2D eigenvalue weighted by Gasteiger charge is 2.26. The molecule has 2 heterocycles. The number of piperidine rings is 2. The maximum atomic E-state index is 11.6. The fourth-order valence-electron chi connectivity index (χ4n) is 2.31. The summed E-state index contributed by atoms with van der Waals surface area (Å²) in [6, 6.07) is 0.488. The first-order valence-corrected chi connectivity index (χ1v) is 5.38. The van der Waals surface area contributed by atoms with Gasteiger partial charge in [-0.1, -0.05) is 0 Å². The van der Waals surface area contributed by atoms with Crippen LogP contribution in [-0.4, -0.2) is 36.5 Å². The van der Waals surface area contributed by atoms with Gasteiger partial charge in [0.2, 0.25) is 5.91 Å². The van der Waals surface area contributed by atoms with E-state index in [2.05, 4.69) is 10.2 Å². The number of carbonyl (C=O) groups excluding carboxylic acids is 1. The fourth-order valence-corrected chi connectivity index (χ4v) is 2.31. The number of rotatable bonds is 1. The molecule has 0 aliphatic carbocycles. The van der Waals surface area contributed by atoms with Crippen molar-refractivity contribution in [2.75, 3.05) is 19.6 Å². The molecule has 14 heavy (non-hydrogen) atoms. The highest BCUT2D eigenvalue weighted by Crippen LogP contribution is 2.17. The minimum atomic E-state index is 0. The molecule has 1 amide bonds. The Labute approximate surface area is 91.6 Å². The molecule has 3 nitrogen and oxygen atoms in total. The average molecular weight is 219 g/mol. The van der Waals surface area contributed by atoms with Crippen LogP contribution in [0.15, 0.2) is 0 Å². The van der Waals surface area contributed by atoms with E-state index in [-0.39, 0.29) is 12.4 Å². The molecule has 2 fully saturated rings. The molecule has 2 aliphatic heterocycles. The summed E-state index contributed by atoms with van der Waals surface area (Å²) in [4.78, 5) is 13.7. The molecule has 2 saturated heterocycles. The van der Waals surface area contributed by atoms with Crippen LogP contribution in [0.3, 0.4) is 0 Å². The standard InChI is InChI=1S/C10H18N2O.ClH/c13-10-5-1-2-7-12(10)9-4-3-6-11-8-9;/h9,11H,1-8H2;1H/t9-;/m0./s1. The van der Waals surface area contributed by atoms with Gasteiger partial charge in [-0.15, -0.1) is 12.4 Å². The van der Waals surface area contributed by atoms with Crippen molar-refractivity contribution in [3.05, 3.63) is 0 Å². The minimum Gasteiger partial charge on any atom is -0.338 e. The smallest absolute Gasteiger partial charge is 0.222 e. The van der Waals surface area contributed by atoms with Crippen LogP contribution in [0.5, 0.6) is 0 Å². The molecule has 0 unspecified atom stereocenters. The van der Waals surface area contributed by atoms with Crippen LogP contribution in [-0.2, 0) is 4.79 Å². The summed E-state index contributed by atoms with van der Waals surface area (Å²) in [5.41, 5.74) is 0. The van der Waals surface area contributed by atoms with Gasteiger partial charge < -0.3 is 10.2 Å². The number of hydrogen-bond donors (Lipinski definition) is 1. The summed E-state index contributed by atoms with van der Waals surface area (Å²) in [6.07, 6.45) is 5.47. The number of hydrogen-bond acceptors (Lipinski definition) is 2. The van der Waals surface area contributed by atoms with E-state index in [1.54, 1.807) is 0 Å². The maximum Gasteiger partial charge on any atom is 0.222 e. The van der Waals surface area contributed by atoms with Crippen LogP contribution < -0.4 is 5.32 Å². The Morgan fingerprint density at radius 3 is 2.79 bits per heavy atom. The molecule has 2 aliphatic rings. The lowest BCUT2D eigenvalue weighted by Gasteiger charge is -2.37. The van der Waals surface area contributed by atoms with Gasteiger partial charge in [0.1, 0.15) is 0 Å². The van der Waals surface area contributed by atoms with Crippen molar-refractivity contribution in [1.29, 1.82) is 0 Å². The van der Waals surface area contributed by atoms with Gasteiger partial charge in [-0.05, 0) is 32.2 Å². The monoisotopic (exact) mass is 218 g/mol. The van der Waals surface area contributed by atoms with Crippen LogP contribution in [0.1, 0.15) is 32.1 Å². The van der Waals surface area contributed by atoms with Crippen molar-refractivity contribution in [3.8, 4) is 0 Å². The normalized spacial score (nSPS) is 28.4. The first kappa shape index (κ1) is 11.8. The molecule has 0 aromatic heterocycles. The molecule has 4 heteroatoms. The topological polar surface area (TPSA) is 32.3 Å². The molecule has 1 N–H and O–H groups in total. The van der Waals surface area contributed by atoms with E-state index in [1.807, 2.05) is 0 Å². The molecule has 2 rings (SSSR count). The first-order chi connectivity index (χ1) is 6.38. The van der Waals surface area contributed by atoms with Crippen molar-refractivity contribution < 1.29 is 4.79 Å². The number of nitrogens with zero attached hydrogens (tertiary/aromatic N) is 1. The number of carbonyl (C=O) groups is 1. The van der Waals surface area contributed by atoms with Gasteiger partial charge in [0.25, 0.3) is 0 Å². The summed E-state index contributed by atoms with van der Waals surface area (Å²) < 4.78 is 0. The predicted octanol–water partition coefficient (Wildman–Crippen LogP) is 1.17. The molecule has 0 bridgehead atoms. The zero-order chi connectivity index (χ0) is 9.10. The molecule has 0 aromatic carbocycles. The number of nitrogens with one attached hydrogen (secondary N) is 1. The van der Waals surface area contributed by atoms with Gasteiger partial charge in [0.15, 0.2) is 0 Å². The Morgan fingerprint density at radius 1 is 1.29 bits per heavy atom. The largest absolute Gasteiger partial charge is 0.338 e. The van der Waals surface area contributed by atoms with Gasteiger partial charge in [-0.25, -0.2) is 0 Å². The summed E-state index contributed by atoms with van der Waals surface area (Å²) in [5, 5.41) is 3.36. The van der Waals surface area contributed by atoms with Crippen LogP contribution in [0.2, 0.25) is 0 Å². The lowest BCUT2D eigenvalue weighted by Crippen LogP contribution is -2.50. The second kappa shape index (κ2) is 5.56. The predicted molar refractivity (Wildman–Crippen MR) is 58.7 cm³/mol. The third-order valence-corrected chi connectivity index (χ3v) is 3.07. The Kier molecular flexibility index (Phi) is 4.69. The molecular weight excluding hydrogens is 200 g/mol. The maximum absolute atomic E-state index is 11.6. The molecule has 0 saturated carbocycles. The van der Waals surface area contributed by atoms with Crippen molar-refractivity contribution in [1.82, 2.24) is 10.2 Å². The molecular formula is C10H19ClN2O. The van der Waals surface area contributed by atoms with Gasteiger partial charge in [-0.2, -0.15) is 0 Å². The highest BCUT2D eigenvalue weighted by molar-refractivity contribution is 5.85. The minimum absolute atomic E-state index is 0. The lowest BCUT2D eigenvalue weighted by molar-refractivity contribution is -0.136. The van der Waals surface area contributed by atoms with E-state index < -0.39 is 0 Å². The SMILES string of the molecule is Cl.O=C1CCCCN1[C@H]1CCCNC1. The van der Waals surface area contributed by atoms with Gasteiger partial charge in [0.05, 0.1) is 0 Å². The highest BCUT2D eigenvalue weighted by atomic mass is 35.5. The second-order valence-electron chi connectivity index (χ2n) is 4.04. The fraction of sp³-hybridized carbons (Fsp3) is 0.900. The van der Waals surface area contributed by atoms with Crippen LogP contribution >= 0.6 is 12.4 Å². The average Bonchev–Trinajstić information content (AvgIpc) is 2.20. The zero-order valence-electron chi connectivity index (χ0n) is 8.50. The number of likely N-dealkylation sites (tertiary alicyclic amines) is 1. The molecule has 0 radical (unpaired) electrons. The summed E-state index contributed by atoms with van der Waals surface area (Å²) in [7, 11) is 0. The third kappa shape index (κ3) is 2.61. The lowest BCUT2D eigenvalue weighted by atomic mass is 10.0. The van der Waals surface area contributed by atoms with E-state index in [9.17, 15) is 4.79 Å². The molecule has 1 atom stereocenters. The van der Waals surface area contributed by atoms with Crippen molar-refractivity contribution >= 4 is 18.3 Å². The third-order valence-electron chi connectivity index (χ3n) is 3.07. The Bertz CT molecular complexity index is 193. The van der Waals surface area contributed by atoms with E-state index in [1.165, 1.54) is 19.3 Å². The summed E-state index contributed by atoms with van der Waals surface area (Å²) in [5.74, 6) is 0.375. The Balaban J connectivity index is 0.000000980. The van der Waals surface area contributed by atoms with Crippen LogP contribution in [0.25, 0.3) is 0 Å². The van der Waals surface area contributed by atoms with E-state index in [0.717, 1.165) is 32.5 Å². The first-order valence-electron chi connectivity index (χ1n) is 5.38. The quantitative estimate of drug-likeness (QED) is 0.717. The van der Waals surface area contributed by atoms with E-state index in [0.29, 0.717) is 11.9 Å². The van der Waals surface area contributed by atoms with Gasteiger partial charge >= 0.3 is 0 Å². The number of amides is 1. The summed E-state index contributed by atoms with van der Waals surface area (Å²) in [6.45, 7) is 3.12. The Hall–Kier alpha value is -0.280. The van der Waals surface area contributed by atoms with Crippen molar-refractivity contribution in [3.63, 3.8) is 0 Å². The zero-order valence-corrected chi connectivity index (χ0v) is 9.31. The molecule has 82 valence electrons. The Morgan fingerprint density at radius 2 is 2.14 bits per heavy atom. The van der Waals surface area contributed by atoms with E-state index >= 15 is 0 Å². The number of halogens is 1. The van der Waals surface area contributed by atoms with Gasteiger partial charge in [0, 0.05) is 25.6 Å². The van der Waals surface area contributed by atoms with Gasteiger partial charge in [-0.3, -0.25) is 4.79 Å². The summed E-state index contributed by atoms with van der Waals surface area (Å²) >= 11 is 0. The van der Waals surface area contributed by atoms with E-state index in [4.69, 9.17) is 0 Å². The molecule has 0 aromatic rings. The van der Waals surface area contributed by atoms with Crippen LogP contribution in [0.4, 0.5) is 0 Å². The second-order valence-corrected chi connectivity index (χ2v) is 4.04.